The van der Waals surface area contributed by atoms with Crippen LogP contribution >= 0.6 is 0 Å². The first-order chi connectivity index (χ1) is 6.74. The standard InChI is InChI=1S/C10H14N2O2/c1-8-4-2-5-9(12-8)10(14)11-6-3-7-13/h2,4-5,13H,3,6-7H2,1H3,(H,11,14). The fraction of sp³-hybridized carbons (Fsp3) is 0.400. The van der Waals surface area contributed by atoms with E-state index < -0.39 is 0 Å². The second-order valence-electron chi connectivity index (χ2n) is 3.00. The molecule has 4 heteroatoms. The highest BCUT2D eigenvalue weighted by Crippen LogP contribution is 1.97. The maximum Gasteiger partial charge on any atom is 0.269 e. The van der Waals surface area contributed by atoms with Gasteiger partial charge in [0.2, 0.25) is 0 Å². The van der Waals surface area contributed by atoms with E-state index in [-0.39, 0.29) is 12.5 Å². The summed E-state index contributed by atoms with van der Waals surface area (Å²) in [7, 11) is 0. The fourth-order valence-corrected chi connectivity index (χ4v) is 1.04. The van der Waals surface area contributed by atoms with Gasteiger partial charge in [-0.3, -0.25) is 4.79 Å². The number of hydrogen-bond acceptors (Lipinski definition) is 3. The lowest BCUT2D eigenvalue weighted by molar-refractivity contribution is 0.0946. The van der Waals surface area contributed by atoms with Crippen LogP contribution in [0.4, 0.5) is 0 Å². The molecule has 0 atom stereocenters. The molecule has 0 radical (unpaired) electrons. The van der Waals surface area contributed by atoms with E-state index in [2.05, 4.69) is 10.3 Å². The number of carbonyl (C=O) groups excluding carboxylic acids is 1. The van der Waals surface area contributed by atoms with Crippen molar-refractivity contribution in [3.63, 3.8) is 0 Å². The molecular formula is C10H14N2O2. The third-order valence-corrected chi connectivity index (χ3v) is 1.74. The Labute approximate surface area is 83.0 Å². The van der Waals surface area contributed by atoms with Crippen molar-refractivity contribution in [2.24, 2.45) is 0 Å². The highest BCUT2D eigenvalue weighted by Gasteiger charge is 2.05. The van der Waals surface area contributed by atoms with E-state index in [1.54, 1.807) is 12.1 Å². The number of carbonyl (C=O) groups is 1. The topological polar surface area (TPSA) is 62.2 Å². The number of amides is 1. The van der Waals surface area contributed by atoms with Gasteiger partial charge in [-0.2, -0.15) is 0 Å². The summed E-state index contributed by atoms with van der Waals surface area (Å²) in [5.74, 6) is -0.192. The summed E-state index contributed by atoms with van der Waals surface area (Å²) in [6, 6.07) is 5.30. The monoisotopic (exact) mass is 194 g/mol. The van der Waals surface area contributed by atoms with E-state index in [0.717, 1.165) is 5.69 Å². The van der Waals surface area contributed by atoms with E-state index in [1.807, 2.05) is 13.0 Å². The third-order valence-electron chi connectivity index (χ3n) is 1.74. The summed E-state index contributed by atoms with van der Waals surface area (Å²) in [6.45, 7) is 2.40. The van der Waals surface area contributed by atoms with Gasteiger partial charge in [-0.1, -0.05) is 6.07 Å². The first-order valence-corrected chi connectivity index (χ1v) is 4.57. The van der Waals surface area contributed by atoms with Gasteiger partial charge in [0.15, 0.2) is 0 Å². The van der Waals surface area contributed by atoms with E-state index in [9.17, 15) is 4.79 Å². The largest absolute Gasteiger partial charge is 0.396 e. The second kappa shape index (κ2) is 5.34. The van der Waals surface area contributed by atoms with Gasteiger partial charge in [-0.15, -0.1) is 0 Å². The molecule has 14 heavy (non-hydrogen) atoms. The highest BCUT2D eigenvalue weighted by molar-refractivity contribution is 5.92. The molecule has 2 N–H and O–H groups in total. The van der Waals surface area contributed by atoms with E-state index in [4.69, 9.17) is 5.11 Å². The summed E-state index contributed by atoms with van der Waals surface area (Å²) in [6.07, 6.45) is 0.567. The highest BCUT2D eigenvalue weighted by atomic mass is 16.3. The molecule has 1 heterocycles. The summed E-state index contributed by atoms with van der Waals surface area (Å²) >= 11 is 0. The van der Waals surface area contributed by atoms with E-state index in [1.165, 1.54) is 0 Å². The number of nitrogens with zero attached hydrogens (tertiary/aromatic N) is 1. The zero-order chi connectivity index (χ0) is 10.4. The van der Waals surface area contributed by atoms with Crippen molar-refractivity contribution in [3.8, 4) is 0 Å². The van der Waals surface area contributed by atoms with Crippen LogP contribution in [0.1, 0.15) is 22.6 Å². The van der Waals surface area contributed by atoms with Crippen molar-refractivity contribution in [1.29, 1.82) is 0 Å². The molecule has 0 aliphatic carbocycles. The number of aliphatic hydroxyl groups excluding tert-OH is 1. The molecule has 0 aliphatic rings. The van der Waals surface area contributed by atoms with Gasteiger partial charge < -0.3 is 10.4 Å². The Balaban J connectivity index is 2.52. The summed E-state index contributed by atoms with van der Waals surface area (Å²) < 4.78 is 0. The molecule has 1 amide bonds. The Morgan fingerprint density at radius 1 is 1.57 bits per heavy atom. The van der Waals surface area contributed by atoms with Crippen LogP contribution in [0.3, 0.4) is 0 Å². The molecule has 0 aliphatic heterocycles. The molecule has 0 saturated carbocycles. The van der Waals surface area contributed by atoms with Crippen molar-refractivity contribution in [2.45, 2.75) is 13.3 Å². The second-order valence-corrected chi connectivity index (χ2v) is 3.00. The minimum atomic E-state index is -0.192. The summed E-state index contributed by atoms with van der Waals surface area (Å²) in [4.78, 5) is 15.5. The molecule has 0 bridgehead atoms. The number of aliphatic hydroxyl groups is 1. The molecule has 1 aromatic rings. The molecule has 0 unspecified atom stereocenters. The quantitative estimate of drug-likeness (QED) is 0.686. The zero-order valence-corrected chi connectivity index (χ0v) is 8.16. The predicted octanol–water partition coefficient (Wildman–Crippen LogP) is 0.502. The molecule has 0 saturated heterocycles. The van der Waals surface area contributed by atoms with Crippen LogP contribution in [0.2, 0.25) is 0 Å². The Hall–Kier alpha value is -1.42. The number of aromatic nitrogens is 1. The molecule has 76 valence electrons. The van der Waals surface area contributed by atoms with Gasteiger partial charge in [0, 0.05) is 18.8 Å². The first-order valence-electron chi connectivity index (χ1n) is 4.57. The molecule has 0 aromatic carbocycles. The molecule has 4 nitrogen and oxygen atoms in total. The van der Waals surface area contributed by atoms with Crippen LogP contribution in [0, 0.1) is 6.92 Å². The van der Waals surface area contributed by atoms with E-state index in [0.29, 0.717) is 18.7 Å². The lowest BCUT2D eigenvalue weighted by Crippen LogP contribution is -2.25. The van der Waals surface area contributed by atoms with Gasteiger partial charge >= 0.3 is 0 Å². The summed E-state index contributed by atoms with van der Waals surface area (Å²) in [5, 5.41) is 11.2. The van der Waals surface area contributed by atoms with Crippen molar-refractivity contribution < 1.29 is 9.90 Å². The van der Waals surface area contributed by atoms with Crippen LogP contribution in [0.5, 0.6) is 0 Å². The van der Waals surface area contributed by atoms with Crippen molar-refractivity contribution in [1.82, 2.24) is 10.3 Å². The average Bonchev–Trinajstić information content (AvgIpc) is 2.18. The molecule has 0 fully saturated rings. The minimum absolute atomic E-state index is 0.0848. The van der Waals surface area contributed by atoms with Crippen molar-refractivity contribution in [3.05, 3.63) is 29.6 Å². The number of hydrogen-bond donors (Lipinski definition) is 2. The maximum absolute atomic E-state index is 11.4. The SMILES string of the molecule is Cc1cccc(C(=O)NCCCO)n1. The molecule has 1 aromatic heterocycles. The van der Waals surface area contributed by atoms with Crippen LogP contribution in [-0.2, 0) is 0 Å². The number of aryl methyl sites for hydroxylation is 1. The average molecular weight is 194 g/mol. The Kier molecular flexibility index (Phi) is 4.07. The molecule has 1 rings (SSSR count). The first kappa shape index (κ1) is 10.7. The Morgan fingerprint density at radius 2 is 2.36 bits per heavy atom. The van der Waals surface area contributed by atoms with Gasteiger partial charge in [0.1, 0.15) is 5.69 Å². The number of pyridine rings is 1. The number of nitrogens with one attached hydrogen (secondary N) is 1. The fourth-order valence-electron chi connectivity index (χ4n) is 1.04. The van der Waals surface area contributed by atoms with Gasteiger partial charge in [0.05, 0.1) is 0 Å². The van der Waals surface area contributed by atoms with Crippen molar-refractivity contribution in [2.75, 3.05) is 13.2 Å². The van der Waals surface area contributed by atoms with E-state index >= 15 is 0 Å². The third kappa shape index (κ3) is 3.14. The van der Waals surface area contributed by atoms with Crippen LogP contribution in [0.15, 0.2) is 18.2 Å². The van der Waals surface area contributed by atoms with Gasteiger partial charge in [-0.25, -0.2) is 4.98 Å². The minimum Gasteiger partial charge on any atom is -0.396 e. The lowest BCUT2D eigenvalue weighted by Gasteiger charge is -2.03. The predicted molar refractivity (Wildman–Crippen MR) is 53.0 cm³/mol. The van der Waals surface area contributed by atoms with Crippen LogP contribution < -0.4 is 5.32 Å². The van der Waals surface area contributed by atoms with Crippen molar-refractivity contribution >= 4 is 5.91 Å². The van der Waals surface area contributed by atoms with Crippen LogP contribution in [0.25, 0.3) is 0 Å². The summed E-state index contributed by atoms with van der Waals surface area (Å²) in [5.41, 5.74) is 1.24. The molecule has 0 spiro atoms. The Morgan fingerprint density at radius 3 is 3.00 bits per heavy atom. The van der Waals surface area contributed by atoms with Gasteiger partial charge in [-0.05, 0) is 25.5 Å². The van der Waals surface area contributed by atoms with Crippen LogP contribution in [-0.4, -0.2) is 29.1 Å². The lowest BCUT2D eigenvalue weighted by atomic mass is 10.3. The van der Waals surface area contributed by atoms with Gasteiger partial charge in [0.25, 0.3) is 5.91 Å². The number of rotatable bonds is 4. The smallest absolute Gasteiger partial charge is 0.269 e. The molecular weight excluding hydrogens is 180 g/mol. The normalized spacial score (nSPS) is 9.86. The maximum atomic E-state index is 11.4. The Bertz CT molecular complexity index is 313. The zero-order valence-electron chi connectivity index (χ0n) is 8.16.